The molecule has 3 heterocycles. The van der Waals surface area contributed by atoms with Gasteiger partial charge in [0.05, 0.1) is 12.6 Å². The number of carbonyl (C=O) groups excluding carboxylic acids is 1. The molecule has 0 radical (unpaired) electrons. The Bertz CT molecular complexity index is 1210. The number of rotatable bonds is 12. The van der Waals surface area contributed by atoms with Gasteiger partial charge in [0.2, 0.25) is 5.91 Å². The number of carbonyl (C=O) groups is 1. The topological polar surface area (TPSA) is 98.1 Å². The number of halogens is 2. The molecule has 3 fully saturated rings. The van der Waals surface area contributed by atoms with Crippen LogP contribution in [0.5, 0.6) is 5.75 Å². The fourth-order valence-corrected chi connectivity index (χ4v) is 6.79. The number of hydrogen-bond donors (Lipinski definition) is 4. The number of benzene rings is 2. The molecule has 0 bridgehead atoms. The summed E-state index contributed by atoms with van der Waals surface area (Å²) in [7, 11) is 0. The largest absolute Gasteiger partial charge is 0.493 e. The van der Waals surface area contributed by atoms with Gasteiger partial charge in [-0.25, -0.2) is 4.39 Å². The third kappa shape index (κ3) is 8.83. The SMILES string of the molecule is CCOc1cccc(F)c1CN1CCN(C(=O)[C@H](N)C2CCN(CCc3cc(Cl)ccc3NC[C@@H]3CNCCN3)CC2)CC1. The highest BCUT2D eigenvalue weighted by Gasteiger charge is 2.33. The van der Waals surface area contributed by atoms with E-state index in [4.69, 9.17) is 22.1 Å². The summed E-state index contributed by atoms with van der Waals surface area (Å²) < 4.78 is 20.2. The van der Waals surface area contributed by atoms with Crippen LogP contribution < -0.4 is 26.4 Å². The van der Waals surface area contributed by atoms with Gasteiger partial charge in [0, 0.05) is 87.8 Å². The van der Waals surface area contributed by atoms with Gasteiger partial charge in [-0.05, 0) is 81.1 Å². The number of likely N-dealkylation sites (tertiary alicyclic amines) is 1. The van der Waals surface area contributed by atoms with Crippen LogP contribution in [0.4, 0.5) is 10.1 Å². The highest BCUT2D eigenvalue weighted by Crippen LogP contribution is 2.26. The van der Waals surface area contributed by atoms with E-state index in [9.17, 15) is 9.18 Å². The molecular weight excluding hydrogens is 581 g/mol. The Morgan fingerprint density at radius 2 is 1.91 bits per heavy atom. The first-order valence-electron chi connectivity index (χ1n) is 16.3. The monoisotopic (exact) mass is 629 g/mol. The van der Waals surface area contributed by atoms with Crippen LogP contribution in [-0.2, 0) is 17.8 Å². The van der Waals surface area contributed by atoms with Crippen LogP contribution in [0.25, 0.3) is 0 Å². The van der Waals surface area contributed by atoms with E-state index < -0.39 is 6.04 Å². The fraction of sp³-hybridized carbons (Fsp3) is 0.606. The number of hydrogen-bond acceptors (Lipinski definition) is 8. The van der Waals surface area contributed by atoms with E-state index in [0.717, 1.165) is 75.8 Å². The van der Waals surface area contributed by atoms with Crippen molar-refractivity contribution in [3.63, 3.8) is 0 Å². The molecule has 0 saturated carbocycles. The number of piperidine rings is 1. The van der Waals surface area contributed by atoms with E-state index in [2.05, 4.69) is 37.9 Å². The van der Waals surface area contributed by atoms with E-state index in [0.29, 0.717) is 56.7 Å². The van der Waals surface area contributed by atoms with Crippen LogP contribution in [0.3, 0.4) is 0 Å². The minimum atomic E-state index is -0.480. The van der Waals surface area contributed by atoms with Gasteiger partial charge in [-0.2, -0.15) is 0 Å². The third-order valence-corrected chi connectivity index (χ3v) is 9.53. The molecule has 3 aliphatic rings. The van der Waals surface area contributed by atoms with Crippen LogP contribution in [0, 0.1) is 11.7 Å². The second-order valence-corrected chi connectivity index (χ2v) is 12.7. The number of amides is 1. The molecular formula is C33H49ClFN7O2. The standard InChI is InChI=1S/C33H49ClFN7O2/c1-2-44-31-5-3-4-29(35)28(31)23-41-16-18-42(19-17-41)33(43)32(36)24-8-13-40(14-9-24)15-10-25-20-26(34)6-7-30(25)39-22-27-21-37-11-12-38-27/h3-7,20,24,27,32,37-39H,2,8-19,21-23,36H2,1H3/t27-,32+/m0/s1. The maximum absolute atomic E-state index is 14.5. The smallest absolute Gasteiger partial charge is 0.239 e. The molecule has 2 aromatic rings. The highest BCUT2D eigenvalue weighted by atomic mass is 35.5. The minimum Gasteiger partial charge on any atom is -0.493 e. The molecule has 5 rings (SSSR count). The van der Waals surface area contributed by atoms with Gasteiger partial charge in [0.25, 0.3) is 0 Å². The predicted octanol–water partition coefficient (Wildman–Crippen LogP) is 2.78. The number of ether oxygens (including phenoxy) is 1. The number of anilines is 1. The molecule has 0 aromatic heterocycles. The van der Waals surface area contributed by atoms with Gasteiger partial charge in [0.1, 0.15) is 11.6 Å². The Balaban J connectivity index is 1.05. The van der Waals surface area contributed by atoms with Crippen molar-refractivity contribution >= 4 is 23.2 Å². The van der Waals surface area contributed by atoms with E-state index in [1.54, 1.807) is 6.07 Å². The molecule has 44 heavy (non-hydrogen) atoms. The molecule has 2 aromatic carbocycles. The Labute approximate surface area is 266 Å². The number of nitrogens with zero attached hydrogens (tertiary/aromatic N) is 3. The average molecular weight is 630 g/mol. The molecule has 0 unspecified atom stereocenters. The summed E-state index contributed by atoms with van der Waals surface area (Å²) in [6.07, 6.45) is 2.75. The maximum atomic E-state index is 14.5. The zero-order valence-corrected chi connectivity index (χ0v) is 26.8. The van der Waals surface area contributed by atoms with Gasteiger partial charge in [0.15, 0.2) is 0 Å². The third-order valence-electron chi connectivity index (χ3n) is 9.30. The Morgan fingerprint density at radius 3 is 2.64 bits per heavy atom. The quantitative estimate of drug-likeness (QED) is 0.285. The zero-order valence-electron chi connectivity index (χ0n) is 26.0. The Morgan fingerprint density at radius 1 is 1.11 bits per heavy atom. The van der Waals surface area contributed by atoms with Gasteiger partial charge < -0.3 is 36.2 Å². The predicted molar refractivity (Wildman–Crippen MR) is 175 cm³/mol. The summed E-state index contributed by atoms with van der Waals surface area (Å²) in [5, 5.41) is 11.4. The molecule has 3 aliphatic heterocycles. The van der Waals surface area contributed by atoms with Crippen molar-refractivity contribution in [1.82, 2.24) is 25.3 Å². The van der Waals surface area contributed by atoms with Crippen molar-refractivity contribution in [3.05, 3.63) is 58.4 Å². The first-order chi connectivity index (χ1) is 21.4. The Hall–Kier alpha value is -2.47. The lowest BCUT2D eigenvalue weighted by Crippen LogP contribution is -2.55. The summed E-state index contributed by atoms with van der Waals surface area (Å²) in [5.74, 6) is 0.566. The zero-order chi connectivity index (χ0) is 30.9. The fourth-order valence-electron chi connectivity index (χ4n) is 6.59. The van der Waals surface area contributed by atoms with Crippen molar-refractivity contribution in [1.29, 1.82) is 0 Å². The molecule has 3 saturated heterocycles. The summed E-state index contributed by atoms with van der Waals surface area (Å²) in [5.41, 5.74) is 9.53. The molecule has 242 valence electrons. The summed E-state index contributed by atoms with van der Waals surface area (Å²) >= 11 is 6.37. The minimum absolute atomic E-state index is 0.0429. The lowest BCUT2D eigenvalue weighted by molar-refractivity contribution is -0.136. The lowest BCUT2D eigenvalue weighted by atomic mass is 9.88. The lowest BCUT2D eigenvalue weighted by Gasteiger charge is -2.39. The second kappa shape index (κ2) is 16.2. The number of nitrogens with one attached hydrogen (secondary N) is 3. The molecule has 2 atom stereocenters. The Kier molecular flexibility index (Phi) is 12.1. The molecule has 1 amide bonds. The molecule has 0 aliphatic carbocycles. The van der Waals surface area contributed by atoms with Gasteiger partial charge >= 0.3 is 0 Å². The van der Waals surface area contributed by atoms with E-state index in [-0.39, 0.29) is 17.6 Å². The first-order valence-corrected chi connectivity index (χ1v) is 16.6. The van der Waals surface area contributed by atoms with Gasteiger partial charge in [-0.1, -0.05) is 17.7 Å². The van der Waals surface area contributed by atoms with Crippen LogP contribution in [0.1, 0.15) is 30.9 Å². The number of nitrogens with two attached hydrogens (primary N) is 1. The first kappa shape index (κ1) is 32.9. The van der Waals surface area contributed by atoms with E-state index in [1.165, 1.54) is 11.6 Å². The van der Waals surface area contributed by atoms with Gasteiger partial charge in [-0.15, -0.1) is 0 Å². The van der Waals surface area contributed by atoms with Crippen molar-refractivity contribution in [2.45, 2.75) is 44.8 Å². The maximum Gasteiger partial charge on any atom is 0.239 e. The molecule has 11 heteroatoms. The van der Waals surface area contributed by atoms with Crippen LogP contribution in [0.2, 0.25) is 5.02 Å². The number of piperazine rings is 2. The van der Waals surface area contributed by atoms with Crippen LogP contribution >= 0.6 is 11.6 Å². The van der Waals surface area contributed by atoms with Crippen molar-refractivity contribution in [3.8, 4) is 5.75 Å². The van der Waals surface area contributed by atoms with Crippen molar-refractivity contribution in [2.75, 3.05) is 83.9 Å². The normalized spacial score (nSPS) is 21.3. The molecule has 9 nitrogen and oxygen atoms in total. The molecule has 0 spiro atoms. The summed E-state index contributed by atoms with van der Waals surface area (Å²) in [6.45, 7) is 12.1. The van der Waals surface area contributed by atoms with E-state index in [1.807, 2.05) is 24.0 Å². The van der Waals surface area contributed by atoms with Crippen LogP contribution in [0.15, 0.2) is 36.4 Å². The van der Waals surface area contributed by atoms with E-state index >= 15 is 0 Å². The van der Waals surface area contributed by atoms with Crippen molar-refractivity contribution in [2.24, 2.45) is 11.7 Å². The van der Waals surface area contributed by atoms with Gasteiger partial charge in [-0.3, -0.25) is 9.69 Å². The molecule has 5 N–H and O–H groups in total. The summed E-state index contributed by atoms with van der Waals surface area (Å²) in [4.78, 5) is 19.9. The van der Waals surface area contributed by atoms with Crippen molar-refractivity contribution < 1.29 is 13.9 Å². The van der Waals surface area contributed by atoms with Crippen LogP contribution in [-0.4, -0.2) is 111 Å². The average Bonchev–Trinajstić information content (AvgIpc) is 3.05. The summed E-state index contributed by atoms with van der Waals surface area (Å²) in [6, 6.07) is 11.0. The highest BCUT2D eigenvalue weighted by molar-refractivity contribution is 6.30. The second-order valence-electron chi connectivity index (χ2n) is 12.2.